The van der Waals surface area contributed by atoms with Crippen molar-refractivity contribution in [2.45, 2.75) is 12.7 Å². The molecule has 0 radical (unpaired) electrons. The third-order valence-corrected chi connectivity index (χ3v) is 5.17. The predicted octanol–water partition coefficient (Wildman–Crippen LogP) is 3.81. The molecule has 0 bridgehead atoms. The number of rotatable bonds is 5. The van der Waals surface area contributed by atoms with Gasteiger partial charge in [0.15, 0.2) is 11.5 Å². The number of thiazole rings is 1. The smallest absolute Gasteiger partial charge is 0.417 e. The second kappa shape index (κ2) is 7.75. The molecule has 0 atom stereocenters. The van der Waals surface area contributed by atoms with Crippen LogP contribution in [0.1, 0.15) is 21.9 Å². The van der Waals surface area contributed by atoms with Gasteiger partial charge in [0.2, 0.25) is 0 Å². The number of halogens is 3. The van der Waals surface area contributed by atoms with Crippen molar-refractivity contribution in [2.75, 3.05) is 7.11 Å². The lowest BCUT2D eigenvalue weighted by Crippen LogP contribution is -2.24. The average Bonchev–Trinajstić information content (AvgIpc) is 3.38. The molecule has 0 spiro atoms. The summed E-state index contributed by atoms with van der Waals surface area (Å²) in [6, 6.07) is 9.41. The maximum Gasteiger partial charge on any atom is 0.417 e. The number of ether oxygens (including phenoxy) is 1. The number of benzene rings is 1. The van der Waals surface area contributed by atoms with Crippen LogP contribution in [0.25, 0.3) is 16.2 Å². The first-order valence-corrected chi connectivity index (χ1v) is 9.52. The van der Waals surface area contributed by atoms with E-state index in [1.165, 1.54) is 21.8 Å². The summed E-state index contributed by atoms with van der Waals surface area (Å²) in [6.45, 7) is -0.100. The highest BCUT2D eigenvalue weighted by atomic mass is 32.1. The van der Waals surface area contributed by atoms with Crippen molar-refractivity contribution in [1.29, 1.82) is 0 Å². The van der Waals surface area contributed by atoms with Gasteiger partial charge in [-0.1, -0.05) is 0 Å². The standard InChI is InChI=1S/C19H14F3N5O2S/c1-29-13-5-2-11(3-6-13)18-24-14(10-30-18)17(28)23-8-16-26-25-15-7-4-12(9-27(15)16)19(20,21)22/h2-7,9-10H,8H2,1H3,(H,23,28). The van der Waals surface area contributed by atoms with Crippen LogP contribution in [0, 0.1) is 0 Å². The molecular weight excluding hydrogens is 419 g/mol. The average molecular weight is 433 g/mol. The van der Waals surface area contributed by atoms with E-state index in [2.05, 4.69) is 20.5 Å². The Balaban J connectivity index is 1.48. The lowest BCUT2D eigenvalue weighted by atomic mass is 10.2. The van der Waals surface area contributed by atoms with Crippen molar-refractivity contribution in [1.82, 2.24) is 24.9 Å². The molecule has 3 aromatic heterocycles. The largest absolute Gasteiger partial charge is 0.497 e. The first kappa shape index (κ1) is 19.8. The van der Waals surface area contributed by atoms with E-state index in [0.29, 0.717) is 10.8 Å². The minimum absolute atomic E-state index is 0.100. The maximum absolute atomic E-state index is 12.9. The van der Waals surface area contributed by atoms with Crippen LogP contribution in [0.2, 0.25) is 0 Å². The molecule has 1 aromatic carbocycles. The summed E-state index contributed by atoms with van der Waals surface area (Å²) < 4.78 is 45.1. The highest BCUT2D eigenvalue weighted by Gasteiger charge is 2.31. The van der Waals surface area contributed by atoms with Crippen molar-refractivity contribution in [3.63, 3.8) is 0 Å². The number of hydrogen-bond donors (Lipinski definition) is 1. The molecule has 0 fully saturated rings. The van der Waals surface area contributed by atoms with Gasteiger partial charge < -0.3 is 10.1 Å². The molecule has 4 aromatic rings. The quantitative estimate of drug-likeness (QED) is 0.518. The summed E-state index contributed by atoms with van der Waals surface area (Å²) in [4.78, 5) is 16.7. The summed E-state index contributed by atoms with van der Waals surface area (Å²) in [6.07, 6.45) is -3.58. The Morgan fingerprint density at radius 2 is 1.93 bits per heavy atom. The molecule has 11 heteroatoms. The van der Waals surface area contributed by atoms with E-state index in [0.717, 1.165) is 17.8 Å². The third-order valence-electron chi connectivity index (χ3n) is 4.28. The van der Waals surface area contributed by atoms with E-state index in [1.807, 2.05) is 12.1 Å². The van der Waals surface area contributed by atoms with Crippen molar-refractivity contribution < 1.29 is 22.7 Å². The molecule has 4 rings (SSSR count). The fourth-order valence-electron chi connectivity index (χ4n) is 2.72. The minimum Gasteiger partial charge on any atom is -0.497 e. The van der Waals surface area contributed by atoms with Crippen LogP contribution < -0.4 is 10.1 Å². The molecule has 0 saturated carbocycles. The second-order valence-corrected chi connectivity index (χ2v) is 7.07. The molecule has 3 heterocycles. The fraction of sp³-hybridized carbons (Fsp3) is 0.158. The molecule has 154 valence electrons. The number of fused-ring (bicyclic) bond motifs is 1. The zero-order valence-corrected chi connectivity index (χ0v) is 16.3. The van der Waals surface area contributed by atoms with E-state index >= 15 is 0 Å². The summed E-state index contributed by atoms with van der Waals surface area (Å²) in [7, 11) is 1.57. The maximum atomic E-state index is 12.9. The SMILES string of the molecule is COc1ccc(-c2nc(C(=O)NCc3nnc4ccc(C(F)(F)F)cn34)cs2)cc1. The van der Waals surface area contributed by atoms with Crippen LogP contribution in [-0.4, -0.2) is 32.6 Å². The Morgan fingerprint density at radius 3 is 2.63 bits per heavy atom. The van der Waals surface area contributed by atoms with Gasteiger partial charge in [-0.05, 0) is 36.4 Å². The predicted molar refractivity (Wildman–Crippen MR) is 103 cm³/mol. The number of carbonyl (C=O) groups is 1. The number of amides is 1. The van der Waals surface area contributed by atoms with Gasteiger partial charge in [0, 0.05) is 17.1 Å². The van der Waals surface area contributed by atoms with E-state index in [9.17, 15) is 18.0 Å². The number of pyridine rings is 1. The van der Waals surface area contributed by atoms with Crippen LogP contribution in [-0.2, 0) is 12.7 Å². The van der Waals surface area contributed by atoms with Crippen LogP contribution >= 0.6 is 11.3 Å². The van der Waals surface area contributed by atoms with Crippen LogP contribution in [0.4, 0.5) is 13.2 Å². The molecular formula is C19H14F3N5O2S. The van der Waals surface area contributed by atoms with Crippen molar-refractivity contribution >= 4 is 22.9 Å². The normalized spacial score (nSPS) is 11.6. The van der Waals surface area contributed by atoms with Crippen LogP contribution in [0.3, 0.4) is 0 Å². The number of alkyl halides is 3. The van der Waals surface area contributed by atoms with Crippen molar-refractivity contribution in [3.8, 4) is 16.3 Å². The van der Waals surface area contributed by atoms with E-state index in [-0.39, 0.29) is 23.7 Å². The van der Waals surface area contributed by atoms with Crippen LogP contribution in [0.15, 0.2) is 48.0 Å². The highest BCUT2D eigenvalue weighted by Crippen LogP contribution is 2.29. The summed E-state index contributed by atoms with van der Waals surface area (Å²) in [5.41, 5.74) is 0.465. The molecule has 30 heavy (non-hydrogen) atoms. The van der Waals surface area contributed by atoms with Gasteiger partial charge in [-0.25, -0.2) is 4.98 Å². The van der Waals surface area contributed by atoms with Crippen molar-refractivity contribution in [3.05, 3.63) is 65.1 Å². The second-order valence-electron chi connectivity index (χ2n) is 6.21. The highest BCUT2D eigenvalue weighted by molar-refractivity contribution is 7.13. The van der Waals surface area contributed by atoms with E-state index < -0.39 is 17.6 Å². The number of aromatic nitrogens is 4. The Bertz CT molecular complexity index is 1200. The third kappa shape index (κ3) is 3.96. The zero-order valence-electron chi connectivity index (χ0n) is 15.5. The van der Waals surface area contributed by atoms with Gasteiger partial charge >= 0.3 is 6.18 Å². The van der Waals surface area contributed by atoms with Crippen LogP contribution in [0.5, 0.6) is 5.75 Å². The molecule has 1 amide bonds. The van der Waals surface area contributed by atoms with E-state index in [4.69, 9.17) is 4.74 Å². The summed E-state index contributed by atoms with van der Waals surface area (Å²) in [5.74, 6) is 0.423. The Kier molecular flexibility index (Phi) is 5.12. The number of methoxy groups -OCH3 is 1. The van der Waals surface area contributed by atoms with E-state index in [1.54, 1.807) is 24.6 Å². The molecule has 0 unspecified atom stereocenters. The molecule has 0 aliphatic rings. The van der Waals surface area contributed by atoms with Gasteiger partial charge in [0.25, 0.3) is 5.91 Å². The number of hydrogen-bond acceptors (Lipinski definition) is 6. The van der Waals surface area contributed by atoms with Gasteiger partial charge in [0.1, 0.15) is 16.5 Å². The first-order chi connectivity index (χ1) is 14.3. The Morgan fingerprint density at radius 1 is 1.17 bits per heavy atom. The first-order valence-electron chi connectivity index (χ1n) is 8.64. The molecule has 0 aliphatic carbocycles. The van der Waals surface area contributed by atoms with Gasteiger partial charge in [-0.2, -0.15) is 13.2 Å². The summed E-state index contributed by atoms with van der Waals surface area (Å²) >= 11 is 1.30. The molecule has 0 aliphatic heterocycles. The van der Waals surface area contributed by atoms with Gasteiger partial charge in [0.05, 0.1) is 19.2 Å². The monoisotopic (exact) mass is 433 g/mol. The lowest BCUT2D eigenvalue weighted by Gasteiger charge is -2.07. The van der Waals surface area contributed by atoms with Gasteiger partial charge in [-0.15, -0.1) is 21.5 Å². The number of nitrogens with one attached hydrogen (secondary N) is 1. The fourth-order valence-corrected chi connectivity index (χ4v) is 3.53. The van der Waals surface area contributed by atoms with Crippen molar-refractivity contribution in [2.24, 2.45) is 0 Å². The van der Waals surface area contributed by atoms with Gasteiger partial charge in [-0.3, -0.25) is 9.20 Å². The Hall–Kier alpha value is -3.47. The topological polar surface area (TPSA) is 81.4 Å². The summed E-state index contributed by atoms with van der Waals surface area (Å²) in [5, 5.41) is 12.6. The lowest BCUT2D eigenvalue weighted by molar-refractivity contribution is -0.137. The zero-order chi connectivity index (χ0) is 21.3. The molecule has 7 nitrogen and oxygen atoms in total. The number of carbonyl (C=O) groups excluding carboxylic acids is 1. The minimum atomic E-state index is -4.49. The molecule has 0 saturated heterocycles. The Labute approximate surface area is 172 Å². The molecule has 1 N–H and O–H groups in total. The number of nitrogens with zero attached hydrogens (tertiary/aromatic N) is 4.